The smallest absolute Gasteiger partial charge is 0.220 e. The first-order valence-electron chi connectivity index (χ1n) is 12.2. The van der Waals surface area contributed by atoms with Gasteiger partial charge in [0.15, 0.2) is 0 Å². The van der Waals surface area contributed by atoms with Crippen molar-refractivity contribution in [3.8, 4) is 5.75 Å². The summed E-state index contributed by atoms with van der Waals surface area (Å²) in [4.78, 5) is 22.3. The van der Waals surface area contributed by atoms with Gasteiger partial charge in [0, 0.05) is 25.3 Å². The molecule has 0 aromatic heterocycles. The predicted octanol–water partition coefficient (Wildman–Crippen LogP) is 6.40. The summed E-state index contributed by atoms with van der Waals surface area (Å²) in [5.41, 5.74) is 1.31. The number of ether oxygens (including phenoxy) is 1. The normalized spacial score (nSPS) is 16.2. The van der Waals surface area contributed by atoms with E-state index in [9.17, 15) is 9.59 Å². The van der Waals surface area contributed by atoms with E-state index < -0.39 is 0 Å². The lowest BCUT2D eigenvalue weighted by Gasteiger charge is -2.13. The van der Waals surface area contributed by atoms with E-state index in [4.69, 9.17) is 4.74 Å². The molecule has 0 spiro atoms. The Labute approximate surface area is 188 Å². The van der Waals surface area contributed by atoms with E-state index in [1.54, 1.807) is 0 Å². The second kappa shape index (κ2) is 14.8. The summed E-state index contributed by atoms with van der Waals surface area (Å²) in [5.74, 6) is 2.07. The van der Waals surface area contributed by atoms with Crippen molar-refractivity contribution in [1.29, 1.82) is 0 Å². The Hall–Kier alpha value is -2.10. The molecular formula is C27H41NO3. The van der Waals surface area contributed by atoms with Gasteiger partial charge in [0.2, 0.25) is 5.91 Å². The zero-order valence-electron chi connectivity index (χ0n) is 19.5. The highest BCUT2D eigenvalue weighted by atomic mass is 16.5. The van der Waals surface area contributed by atoms with Crippen LogP contribution in [0.25, 0.3) is 0 Å². The number of hydrogen-bond donors (Lipinski definition) is 1. The molecule has 1 atom stereocenters. The highest BCUT2D eigenvalue weighted by Crippen LogP contribution is 2.22. The molecule has 31 heavy (non-hydrogen) atoms. The van der Waals surface area contributed by atoms with Crippen molar-refractivity contribution in [1.82, 2.24) is 5.32 Å². The standard InChI is InChI=1S/C16H20O2.C11H21NO/c1-13(7-8-14-9-10-15(17)11-14)12-18-16-5-3-2-4-6-16;1-2-3-4-5-6-7-11(13)12-10-8-9-10/h2-6,9,13H,7-8,10-12H2,1H3;10H,2-9H2,1H3,(H,12,13)/t13-;/m1./s1. The second-order valence-corrected chi connectivity index (χ2v) is 9.06. The number of hydrogen-bond acceptors (Lipinski definition) is 3. The maximum absolute atomic E-state index is 11.2. The zero-order valence-corrected chi connectivity index (χ0v) is 19.5. The van der Waals surface area contributed by atoms with Gasteiger partial charge in [-0.3, -0.25) is 9.59 Å². The largest absolute Gasteiger partial charge is 0.493 e. The average molecular weight is 428 g/mol. The number of benzene rings is 1. The fourth-order valence-corrected chi connectivity index (χ4v) is 3.53. The number of carbonyl (C=O) groups is 2. The molecule has 1 aromatic carbocycles. The third-order valence-corrected chi connectivity index (χ3v) is 5.73. The van der Waals surface area contributed by atoms with Crippen LogP contribution in [0.5, 0.6) is 5.75 Å². The molecule has 1 fully saturated rings. The molecule has 0 bridgehead atoms. The van der Waals surface area contributed by atoms with Crippen LogP contribution in [0.3, 0.4) is 0 Å². The van der Waals surface area contributed by atoms with Gasteiger partial charge in [0.05, 0.1) is 6.61 Å². The molecule has 0 unspecified atom stereocenters. The van der Waals surface area contributed by atoms with E-state index in [0.717, 1.165) is 38.0 Å². The van der Waals surface area contributed by atoms with E-state index in [-0.39, 0.29) is 5.91 Å². The summed E-state index contributed by atoms with van der Waals surface area (Å²) < 4.78 is 5.72. The molecule has 1 N–H and O–H groups in total. The van der Waals surface area contributed by atoms with Crippen LogP contribution >= 0.6 is 0 Å². The quantitative estimate of drug-likeness (QED) is 0.293. The van der Waals surface area contributed by atoms with Crippen LogP contribution < -0.4 is 10.1 Å². The molecule has 0 saturated heterocycles. The summed E-state index contributed by atoms with van der Waals surface area (Å²) >= 11 is 0. The lowest BCUT2D eigenvalue weighted by atomic mass is 10.0. The van der Waals surface area contributed by atoms with Crippen molar-refractivity contribution in [3.63, 3.8) is 0 Å². The number of nitrogens with one attached hydrogen (secondary N) is 1. The van der Waals surface area contributed by atoms with Crippen molar-refractivity contribution in [3.05, 3.63) is 42.0 Å². The lowest BCUT2D eigenvalue weighted by Crippen LogP contribution is -2.24. The maximum atomic E-state index is 11.2. The lowest BCUT2D eigenvalue weighted by molar-refractivity contribution is -0.121. The number of allylic oxidation sites excluding steroid dienone is 2. The summed E-state index contributed by atoms with van der Waals surface area (Å²) in [6, 6.07) is 10.4. The van der Waals surface area contributed by atoms with Crippen molar-refractivity contribution in [2.24, 2.45) is 5.92 Å². The Morgan fingerprint density at radius 2 is 1.87 bits per heavy atom. The zero-order chi connectivity index (χ0) is 22.3. The van der Waals surface area contributed by atoms with Crippen LogP contribution in [-0.4, -0.2) is 24.3 Å². The average Bonchev–Trinajstić information content (AvgIpc) is 3.49. The first-order chi connectivity index (χ1) is 15.1. The number of amides is 1. The molecule has 172 valence electrons. The molecule has 0 aliphatic heterocycles. The number of Topliss-reactive ketones (excluding diaryl/α,β-unsaturated/α-hetero) is 1. The van der Waals surface area contributed by atoms with Crippen LogP contribution in [0.4, 0.5) is 0 Å². The summed E-state index contributed by atoms with van der Waals surface area (Å²) in [7, 11) is 0. The Morgan fingerprint density at radius 3 is 2.52 bits per heavy atom. The van der Waals surface area contributed by atoms with Crippen LogP contribution in [-0.2, 0) is 9.59 Å². The Balaban J connectivity index is 0.000000233. The molecular weight excluding hydrogens is 386 g/mol. The Bertz CT molecular complexity index is 679. The maximum Gasteiger partial charge on any atom is 0.220 e. The molecule has 3 rings (SSSR count). The van der Waals surface area contributed by atoms with Crippen LogP contribution in [0.2, 0.25) is 0 Å². The number of carbonyl (C=O) groups excluding carboxylic acids is 2. The van der Waals surface area contributed by atoms with Crippen molar-refractivity contribution in [2.75, 3.05) is 6.61 Å². The minimum atomic E-state index is 0.263. The summed E-state index contributed by atoms with van der Waals surface area (Å²) in [5, 5.41) is 3.01. The SMILES string of the molecule is CCCCCCCC(=O)NC1CC1.C[C@H](CCC1=CCC(=O)C1)COc1ccccc1. The topological polar surface area (TPSA) is 55.4 Å². The molecule has 1 amide bonds. The predicted molar refractivity (Wildman–Crippen MR) is 127 cm³/mol. The first-order valence-corrected chi connectivity index (χ1v) is 12.2. The van der Waals surface area contributed by atoms with Gasteiger partial charge in [0.25, 0.3) is 0 Å². The van der Waals surface area contributed by atoms with Gasteiger partial charge >= 0.3 is 0 Å². The van der Waals surface area contributed by atoms with E-state index in [1.165, 1.54) is 44.1 Å². The Morgan fingerprint density at radius 1 is 1.13 bits per heavy atom. The minimum Gasteiger partial charge on any atom is -0.493 e. The van der Waals surface area contributed by atoms with E-state index in [1.807, 2.05) is 30.3 Å². The second-order valence-electron chi connectivity index (χ2n) is 9.06. The minimum absolute atomic E-state index is 0.263. The van der Waals surface area contributed by atoms with Gasteiger partial charge in [-0.2, -0.15) is 0 Å². The molecule has 0 heterocycles. The molecule has 4 nitrogen and oxygen atoms in total. The first kappa shape index (κ1) is 25.2. The monoisotopic (exact) mass is 427 g/mol. The van der Waals surface area contributed by atoms with Crippen molar-refractivity contribution < 1.29 is 14.3 Å². The van der Waals surface area contributed by atoms with Gasteiger partial charge in [-0.15, -0.1) is 0 Å². The number of unbranched alkanes of at least 4 members (excludes halogenated alkanes) is 4. The van der Waals surface area contributed by atoms with Crippen molar-refractivity contribution in [2.45, 2.75) is 96.9 Å². The van der Waals surface area contributed by atoms with Gasteiger partial charge in [-0.1, -0.05) is 69.4 Å². The van der Waals surface area contributed by atoms with E-state index in [2.05, 4.69) is 25.2 Å². The van der Waals surface area contributed by atoms with Gasteiger partial charge in [-0.25, -0.2) is 0 Å². The number of ketones is 1. The molecule has 0 radical (unpaired) electrons. The molecule has 2 aliphatic rings. The highest BCUT2D eigenvalue weighted by molar-refractivity contribution is 5.85. The molecule has 2 aliphatic carbocycles. The molecule has 1 aromatic rings. The molecule has 1 saturated carbocycles. The third-order valence-electron chi connectivity index (χ3n) is 5.73. The van der Waals surface area contributed by atoms with Crippen LogP contribution in [0, 0.1) is 5.92 Å². The van der Waals surface area contributed by atoms with Gasteiger partial charge in [0.1, 0.15) is 11.5 Å². The van der Waals surface area contributed by atoms with E-state index in [0.29, 0.717) is 30.6 Å². The van der Waals surface area contributed by atoms with Crippen molar-refractivity contribution >= 4 is 11.7 Å². The highest BCUT2D eigenvalue weighted by Gasteiger charge is 2.22. The number of para-hydroxylation sites is 1. The van der Waals surface area contributed by atoms with E-state index >= 15 is 0 Å². The van der Waals surface area contributed by atoms with Crippen LogP contribution in [0.15, 0.2) is 42.0 Å². The van der Waals surface area contributed by atoms with Gasteiger partial charge in [-0.05, 0) is 50.2 Å². The third kappa shape index (κ3) is 12.4. The summed E-state index contributed by atoms with van der Waals surface area (Å²) in [6.07, 6.45) is 14.8. The Kier molecular flexibility index (Phi) is 12.0. The fraction of sp³-hybridized carbons (Fsp3) is 0.630. The summed E-state index contributed by atoms with van der Waals surface area (Å²) in [6.45, 7) is 5.14. The van der Waals surface area contributed by atoms with Gasteiger partial charge < -0.3 is 10.1 Å². The number of rotatable bonds is 13. The fourth-order valence-electron chi connectivity index (χ4n) is 3.53. The molecule has 4 heteroatoms. The van der Waals surface area contributed by atoms with Crippen LogP contribution in [0.1, 0.15) is 90.9 Å².